The Morgan fingerprint density at radius 1 is 1.18 bits per heavy atom. The Labute approximate surface area is 103 Å². The zero-order valence-corrected chi connectivity index (χ0v) is 11.0. The minimum atomic E-state index is -0.0990. The van der Waals surface area contributed by atoms with Crippen LogP contribution in [-0.2, 0) is 9.53 Å². The molecule has 4 heteroatoms. The first kappa shape index (κ1) is 12.8. The Hall–Kier alpha value is -0.610. The van der Waals surface area contributed by atoms with Crippen molar-refractivity contribution in [3.05, 3.63) is 0 Å². The lowest BCUT2D eigenvalue weighted by molar-refractivity contribution is -0.123. The summed E-state index contributed by atoms with van der Waals surface area (Å²) in [4.78, 5) is 11.8. The van der Waals surface area contributed by atoms with E-state index in [-0.39, 0.29) is 24.2 Å². The predicted molar refractivity (Wildman–Crippen MR) is 66.8 cm³/mol. The lowest BCUT2D eigenvalue weighted by atomic mass is 9.99. The minimum Gasteiger partial charge on any atom is -0.375 e. The molecule has 1 saturated carbocycles. The topological polar surface area (TPSA) is 50.4 Å². The summed E-state index contributed by atoms with van der Waals surface area (Å²) in [5, 5.41) is 6.45. The van der Waals surface area contributed by atoms with Gasteiger partial charge in [-0.15, -0.1) is 0 Å². The Kier molecular flexibility index (Phi) is 4.05. The third-order valence-electron chi connectivity index (χ3n) is 3.50. The van der Waals surface area contributed by atoms with Gasteiger partial charge < -0.3 is 15.4 Å². The number of carbonyl (C=O) groups excluding carboxylic acids is 1. The molecular formula is C13H24N2O2. The summed E-state index contributed by atoms with van der Waals surface area (Å²) >= 11 is 0. The van der Waals surface area contributed by atoms with Gasteiger partial charge in [0.15, 0.2) is 0 Å². The van der Waals surface area contributed by atoms with Crippen LogP contribution in [-0.4, -0.2) is 36.2 Å². The number of hydrogen-bond acceptors (Lipinski definition) is 3. The molecule has 3 unspecified atom stereocenters. The maximum atomic E-state index is 11.8. The van der Waals surface area contributed by atoms with Crippen molar-refractivity contribution in [2.75, 3.05) is 0 Å². The van der Waals surface area contributed by atoms with E-state index >= 15 is 0 Å². The molecule has 0 aromatic carbocycles. The average Bonchev–Trinajstić information content (AvgIpc) is 2.99. The molecule has 0 aromatic heterocycles. The monoisotopic (exact) mass is 240 g/mol. The molecule has 1 aliphatic heterocycles. The largest absolute Gasteiger partial charge is 0.375 e. The molecule has 0 radical (unpaired) electrons. The highest BCUT2D eigenvalue weighted by atomic mass is 16.5. The van der Waals surface area contributed by atoms with Crippen LogP contribution in [0.2, 0.25) is 0 Å². The molecule has 2 aliphatic rings. The fraction of sp³-hybridized carbons (Fsp3) is 0.923. The van der Waals surface area contributed by atoms with Crippen molar-refractivity contribution in [3.63, 3.8) is 0 Å². The number of amides is 1. The standard InChI is InChI=1S/C13H24N2O2/c1-8-6-12(7-9(2)17-8)14-10(3)13(16)15-11-4-5-11/h8-12,14H,4-7H2,1-3H3,(H,15,16). The Bertz CT molecular complexity index is 269. The fourth-order valence-corrected chi connectivity index (χ4v) is 2.52. The smallest absolute Gasteiger partial charge is 0.237 e. The first-order valence-electron chi connectivity index (χ1n) is 6.76. The Morgan fingerprint density at radius 3 is 2.29 bits per heavy atom. The van der Waals surface area contributed by atoms with Crippen LogP contribution in [0.15, 0.2) is 0 Å². The van der Waals surface area contributed by atoms with Crippen LogP contribution in [0, 0.1) is 0 Å². The molecule has 0 bridgehead atoms. The lowest BCUT2D eigenvalue weighted by Crippen LogP contribution is -2.50. The summed E-state index contributed by atoms with van der Waals surface area (Å²) in [6.07, 6.45) is 4.84. The van der Waals surface area contributed by atoms with E-state index in [0.717, 1.165) is 25.7 Å². The van der Waals surface area contributed by atoms with Gasteiger partial charge in [0, 0.05) is 12.1 Å². The van der Waals surface area contributed by atoms with Crippen LogP contribution in [0.3, 0.4) is 0 Å². The van der Waals surface area contributed by atoms with Gasteiger partial charge in [0.05, 0.1) is 18.2 Å². The van der Waals surface area contributed by atoms with Gasteiger partial charge in [-0.1, -0.05) is 0 Å². The van der Waals surface area contributed by atoms with E-state index in [4.69, 9.17) is 4.74 Å². The molecular weight excluding hydrogens is 216 g/mol. The van der Waals surface area contributed by atoms with Gasteiger partial charge in [-0.25, -0.2) is 0 Å². The van der Waals surface area contributed by atoms with Crippen LogP contribution in [0.4, 0.5) is 0 Å². The highest BCUT2D eigenvalue weighted by Gasteiger charge is 2.29. The number of carbonyl (C=O) groups is 1. The van der Waals surface area contributed by atoms with Gasteiger partial charge in [-0.2, -0.15) is 0 Å². The molecule has 98 valence electrons. The molecule has 1 saturated heterocycles. The van der Waals surface area contributed by atoms with E-state index in [9.17, 15) is 4.79 Å². The van der Waals surface area contributed by atoms with E-state index < -0.39 is 0 Å². The van der Waals surface area contributed by atoms with Crippen LogP contribution in [0.25, 0.3) is 0 Å². The number of rotatable bonds is 4. The molecule has 2 N–H and O–H groups in total. The Balaban J connectivity index is 1.76. The van der Waals surface area contributed by atoms with E-state index in [0.29, 0.717) is 12.1 Å². The van der Waals surface area contributed by atoms with Crippen LogP contribution < -0.4 is 10.6 Å². The molecule has 1 aliphatic carbocycles. The molecule has 0 aromatic rings. The van der Waals surface area contributed by atoms with Crippen LogP contribution in [0.5, 0.6) is 0 Å². The van der Waals surface area contributed by atoms with E-state index in [1.807, 2.05) is 6.92 Å². The van der Waals surface area contributed by atoms with E-state index in [1.165, 1.54) is 0 Å². The lowest BCUT2D eigenvalue weighted by Gasteiger charge is -2.34. The number of nitrogens with one attached hydrogen (secondary N) is 2. The third-order valence-corrected chi connectivity index (χ3v) is 3.50. The highest BCUT2D eigenvalue weighted by molar-refractivity contribution is 5.81. The molecule has 1 amide bonds. The highest BCUT2D eigenvalue weighted by Crippen LogP contribution is 2.20. The second-order valence-corrected chi connectivity index (χ2v) is 5.60. The maximum absolute atomic E-state index is 11.8. The quantitative estimate of drug-likeness (QED) is 0.776. The maximum Gasteiger partial charge on any atom is 0.237 e. The van der Waals surface area contributed by atoms with Crippen molar-refractivity contribution in [1.29, 1.82) is 0 Å². The van der Waals surface area contributed by atoms with Crippen molar-refractivity contribution in [2.24, 2.45) is 0 Å². The van der Waals surface area contributed by atoms with Gasteiger partial charge in [-0.3, -0.25) is 4.79 Å². The second-order valence-electron chi connectivity index (χ2n) is 5.60. The summed E-state index contributed by atoms with van der Waals surface area (Å²) in [5.41, 5.74) is 0. The van der Waals surface area contributed by atoms with E-state index in [2.05, 4.69) is 24.5 Å². The van der Waals surface area contributed by atoms with Crippen molar-refractivity contribution in [1.82, 2.24) is 10.6 Å². The molecule has 4 nitrogen and oxygen atoms in total. The second kappa shape index (κ2) is 5.36. The SMILES string of the molecule is CC1CC(NC(C)C(=O)NC2CC2)CC(C)O1. The van der Waals surface area contributed by atoms with E-state index in [1.54, 1.807) is 0 Å². The summed E-state index contributed by atoms with van der Waals surface area (Å²) in [7, 11) is 0. The van der Waals surface area contributed by atoms with Crippen LogP contribution >= 0.6 is 0 Å². The van der Waals surface area contributed by atoms with Crippen molar-refractivity contribution < 1.29 is 9.53 Å². The van der Waals surface area contributed by atoms with Crippen LogP contribution in [0.1, 0.15) is 46.5 Å². The van der Waals surface area contributed by atoms with Gasteiger partial charge >= 0.3 is 0 Å². The predicted octanol–water partition coefficient (Wildman–Crippen LogP) is 1.20. The molecule has 2 fully saturated rings. The van der Waals surface area contributed by atoms with Gasteiger partial charge in [-0.05, 0) is 46.5 Å². The first-order chi connectivity index (χ1) is 8.04. The summed E-state index contributed by atoms with van der Waals surface area (Å²) in [6, 6.07) is 0.742. The summed E-state index contributed by atoms with van der Waals surface area (Å²) in [6.45, 7) is 6.14. The molecule has 1 heterocycles. The molecule has 17 heavy (non-hydrogen) atoms. The van der Waals surface area contributed by atoms with Gasteiger partial charge in [0.2, 0.25) is 5.91 Å². The summed E-state index contributed by atoms with van der Waals surface area (Å²) in [5.74, 6) is 0.138. The Morgan fingerprint density at radius 2 is 1.76 bits per heavy atom. The number of hydrogen-bond donors (Lipinski definition) is 2. The third kappa shape index (κ3) is 3.96. The van der Waals surface area contributed by atoms with Crippen molar-refractivity contribution in [2.45, 2.75) is 76.8 Å². The first-order valence-corrected chi connectivity index (χ1v) is 6.76. The normalized spacial score (nSPS) is 35.4. The minimum absolute atomic E-state index is 0.0990. The number of ether oxygens (including phenoxy) is 1. The van der Waals surface area contributed by atoms with Gasteiger partial charge in [0.25, 0.3) is 0 Å². The molecule has 2 rings (SSSR count). The van der Waals surface area contributed by atoms with Crippen molar-refractivity contribution in [3.8, 4) is 0 Å². The molecule has 0 spiro atoms. The summed E-state index contributed by atoms with van der Waals surface area (Å²) < 4.78 is 5.69. The molecule has 3 atom stereocenters. The fourth-order valence-electron chi connectivity index (χ4n) is 2.52. The zero-order valence-electron chi connectivity index (χ0n) is 11.0. The van der Waals surface area contributed by atoms with Gasteiger partial charge in [0.1, 0.15) is 0 Å². The zero-order chi connectivity index (χ0) is 12.4. The van der Waals surface area contributed by atoms with Crippen molar-refractivity contribution >= 4 is 5.91 Å². The average molecular weight is 240 g/mol.